The number of aryl methyl sites for hydroxylation is 2. The first-order valence-corrected chi connectivity index (χ1v) is 5.29. The van der Waals surface area contributed by atoms with Gasteiger partial charge in [-0.25, -0.2) is 0 Å². The molecule has 102 valence electrons. The number of hydrogen-bond donors (Lipinski definition) is 1. The average molecular weight is 265 g/mol. The highest BCUT2D eigenvalue weighted by Crippen LogP contribution is 2.14. The Balaban J connectivity index is 2.28. The van der Waals surface area contributed by atoms with Crippen molar-refractivity contribution in [1.29, 1.82) is 0 Å². The van der Waals surface area contributed by atoms with Gasteiger partial charge in [-0.3, -0.25) is 4.79 Å². The summed E-state index contributed by atoms with van der Waals surface area (Å²) in [4.78, 5) is 11.6. The molecule has 0 atom stereocenters. The molecule has 1 aromatic heterocycles. The SMILES string of the molecule is Cc1cc(C(=O)NCCOCC(F)(F)F)c(C)o1. The number of alkyl halides is 3. The van der Waals surface area contributed by atoms with E-state index < -0.39 is 12.8 Å². The van der Waals surface area contributed by atoms with Crippen LogP contribution in [0, 0.1) is 13.8 Å². The van der Waals surface area contributed by atoms with Crippen LogP contribution in [0.3, 0.4) is 0 Å². The van der Waals surface area contributed by atoms with Crippen LogP contribution in [0.15, 0.2) is 10.5 Å². The van der Waals surface area contributed by atoms with Crippen LogP contribution in [0.25, 0.3) is 0 Å². The number of nitrogens with one attached hydrogen (secondary N) is 1. The maximum atomic E-state index is 11.7. The first-order chi connectivity index (χ1) is 8.29. The van der Waals surface area contributed by atoms with E-state index >= 15 is 0 Å². The van der Waals surface area contributed by atoms with E-state index in [-0.39, 0.29) is 19.1 Å². The van der Waals surface area contributed by atoms with Crippen molar-refractivity contribution in [3.05, 3.63) is 23.2 Å². The molecule has 1 aromatic rings. The molecule has 0 spiro atoms. The summed E-state index contributed by atoms with van der Waals surface area (Å²) in [6, 6.07) is 1.57. The van der Waals surface area contributed by atoms with Crippen molar-refractivity contribution in [3.8, 4) is 0 Å². The fourth-order valence-electron chi connectivity index (χ4n) is 1.38. The van der Waals surface area contributed by atoms with Gasteiger partial charge < -0.3 is 14.5 Å². The Bertz CT molecular complexity index is 412. The van der Waals surface area contributed by atoms with Crippen LogP contribution >= 0.6 is 0 Å². The van der Waals surface area contributed by atoms with E-state index in [0.29, 0.717) is 17.1 Å². The maximum Gasteiger partial charge on any atom is 0.411 e. The first kappa shape index (κ1) is 14.6. The molecule has 0 saturated carbocycles. The summed E-state index contributed by atoms with van der Waals surface area (Å²) in [6.45, 7) is 1.85. The van der Waals surface area contributed by atoms with Crippen LogP contribution < -0.4 is 5.32 Å². The number of carbonyl (C=O) groups is 1. The lowest BCUT2D eigenvalue weighted by Crippen LogP contribution is -2.29. The van der Waals surface area contributed by atoms with Crippen molar-refractivity contribution in [2.75, 3.05) is 19.8 Å². The quantitative estimate of drug-likeness (QED) is 0.830. The van der Waals surface area contributed by atoms with Crippen molar-refractivity contribution in [1.82, 2.24) is 5.32 Å². The predicted octanol–water partition coefficient (Wildman–Crippen LogP) is 2.21. The minimum Gasteiger partial charge on any atom is -0.466 e. The number of ether oxygens (including phenoxy) is 1. The summed E-state index contributed by atoms with van der Waals surface area (Å²) >= 11 is 0. The lowest BCUT2D eigenvalue weighted by atomic mass is 10.2. The standard InChI is InChI=1S/C11H14F3NO3/c1-7-5-9(8(2)18-7)10(16)15-3-4-17-6-11(12,13)14/h5H,3-4,6H2,1-2H3,(H,15,16). The Hall–Kier alpha value is -1.50. The fraction of sp³-hybridized carbons (Fsp3) is 0.545. The van der Waals surface area contributed by atoms with Crippen molar-refractivity contribution < 1.29 is 27.1 Å². The van der Waals surface area contributed by atoms with Crippen LogP contribution in [0.5, 0.6) is 0 Å². The molecular formula is C11H14F3NO3. The number of rotatable bonds is 5. The van der Waals surface area contributed by atoms with E-state index in [1.54, 1.807) is 19.9 Å². The zero-order valence-electron chi connectivity index (χ0n) is 10.1. The van der Waals surface area contributed by atoms with Crippen LogP contribution in [-0.2, 0) is 4.74 Å². The Morgan fingerprint density at radius 2 is 2.11 bits per heavy atom. The van der Waals surface area contributed by atoms with Gasteiger partial charge in [0.1, 0.15) is 18.1 Å². The zero-order chi connectivity index (χ0) is 13.8. The number of furan rings is 1. The number of carbonyl (C=O) groups excluding carboxylic acids is 1. The Morgan fingerprint density at radius 3 is 2.61 bits per heavy atom. The molecular weight excluding hydrogens is 251 g/mol. The van der Waals surface area contributed by atoms with E-state index in [0.717, 1.165) is 0 Å². The van der Waals surface area contributed by atoms with E-state index in [1.807, 2.05) is 0 Å². The molecule has 0 saturated heterocycles. The highest BCUT2D eigenvalue weighted by atomic mass is 19.4. The molecule has 0 fully saturated rings. The van der Waals surface area contributed by atoms with Gasteiger partial charge in [-0.1, -0.05) is 0 Å². The molecule has 0 aromatic carbocycles. The molecule has 0 bridgehead atoms. The van der Waals surface area contributed by atoms with Gasteiger partial charge in [0.2, 0.25) is 0 Å². The Kier molecular flexibility index (Phi) is 4.77. The van der Waals surface area contributed by atoms with Gasteiger partial charge in [-0.2, -0.15) is 13.2 Å². The Morgan fingerprint density at radius 1 is 1.44 bits per heavy atom. The fourth-order valence-corrected chi connectivity index (χ4v) is 1.38. The minimum absolute atomic E-state index is 0.0125. The third-order valence-corrected chi connectivity index (χ3v) is 2.08. The van der Waals surface area contributed by atoms with Gasteiger partial charge in [0.15, 0.2) is 0 Å². The van der Waals surface area contributed by atoms with Gasteiger partial charge >= 0.3 is 6.18 Å². The second-order valence-electron chi connectivity index (χ2n) is 3.75. The zero-order valence-corrected chi connectivity index (χ0v) is 10.1. The molecule has 0 aliphatic carbocycles. The van der Waals surface area contributed by atoms with Gasteiger partial charge in [0.25, 0.3) is 5.91 Å². The molecule has 0 aliphatic rings. The molecule has 1 rings (SSSR count). The van der Waals surface area contributed by atoms with Crippen LogP contribution in [-0.4, -0.2) is 31.8 Å². The number of halogens is 3. The number of hydrogen-bond acceptors (Lipinski definition) is 3. The molecule has 0 unspecified atom stereocenters. The summed E-state index contributed by atoms with van der Waals surface area (Å²) in [6.07, 6.45) is -4.34. The highest BCUT2D eigenvalue weighted by molar-refractivity contribution is 5.95. The van der Waals surface area contributed by atoms with Crippen LogP contribution in [0.2, 0.25) is 0 Å². The van der Waals surface area contributed by atoms with Crippen LogP contribution in [0.4, 0.5) is 13.2 Å². The third kappa shape index (κ3) is 4.79. The molecule has 4 nitrogen and oxygen atoms in total. The van der Waals surface area contributed by atoms with Crippen molar-refractivity contribution in [2.45, 2.75) is 20.0 Å². The van der Waals surface area contributed by atoms with Gasteiger partial charge in [0, 0.05) is 6.54 Å². The predicted molar refractivity (Wildman–Crippen MR) is 57.4 cm³/mol. The average Bonchev–Trinajstić information content (AvgIpc) is 2.55. The van der Waals surface area contributed by atoms with Crippen molar-refractivity contribution >= 4 is 5.91 Å². The number of amides is 1. The van der Waals surface area contributed by atoms with Gasteiger partial charge in [0.05, 0.1) is 12.2 Å². The van der Waals surface area contributed by atoms with Crippen LogP contribution in [0.1, 0.15) is 21.9 Å². The van der Waals surface area contributed by atoms with Crippen molar-refractivity contribution in [2.24, 2.45) is 0 Å². The maximum absolute atomic E-state index is 11.7. The third-order valence-electron chi connectivity index (χ3n) is 2.08. The van der Waals surface area contributed by atoms with E-state index in [2.05, 4.69) is 10.1 Å². The summed E-state index contributed by atoms with van der Waals surface area (Å²) in [5.74, 6) is 0.687. The van der Waals surface area contributed by atoms with Crippen molar-refractivity contribution in [3.63, 3.8) is 0 Å². The topological polar surface area (TPSA) is 51.5 Å². The van der Waals surface area contributed by atoms with Gasteiger partial charge in [-0.15, -0.1) is 0 Å². The molecule has 7 heteroatoms. The minimum atomic E-state index is -4.34. The molecule has 1 N–H and O–H groups in total. The summed E-state index contributed by atoms with van der Waals surface area (Å²) in [5.41, 5.74) is 0.378. The summed E-state index contributed by atoms with van der Waals surface area (Å²) < 4.78 is 44.7. The smallest absolute Gasteiger partial charge is 0.411 e. The molecule has 1 heterocycles. The second-order valence-corrected chi connectivity index (χ2v) is 3.75. The molecule has 0 radical (unpaired) electrons. The van der Waals surface area contributed by atoms with Gasteiger partial charge in [-0.05, 0) is 19.9 Å². The molecule has 1 amide bonds. The highest BCUT2D eigenvalue weighted by Gasteiger charge is 2.27. The monoisotopic (exact) mass is 265 g/mol. The normalized spacial score (nSPS) is 11.6. The van der Waals surface area contributed by atoms with E-state index in [1.165, 1.54) is 0 Å². The Labute approximate surface area is 102 Å². The van der Waals surface area contributed by atoms with E-state index in [4.69, 9.17) is 4.42 Å². The first-order valence-electron chi connectivity index (χ1n) is 5.29. The largest absolute Gasteiger partial charge is 0.466 e. The molecule has 0 aliphatic heterocycles. The lowest BCUT2D eigenvalue weighted by Gasteiger charge is -2.08. The molecule has 18 heavy (non-hydrogen) atoms. The summed E-state index contributed by atoms with van der Waals surface area (Å²) in [5, 5.41) is 2.45. The second kappa shape index (κ2) is 5.90. The van der Waals surface area contributed by atoms with E-state index in [9.17, 15) is 18.0 Å². The lowest BCUT2D eigenvalue weighted by molar-refractivity contribution is -0.173. The summed E-state index contributed by atoms with van der Waals surface area (Å²) in [7, 11) is 0.